The zero-order chi connectivity index (χ0) is 19.7. The quantitative estimate of drug-likeness (QED) is 0.605. The summed E-state index contributed by atoms with van der Waals surface area (Å²) in [5.74, 6) is -0.792. The molecule has 1 aromatic heterocycles. The van der Waals surface area contributed by atoms with E-state index in [1.807, 2.05) is 30.5 Å². The molecule has 4 nitrogen and oxygen atoms in total. The van der Waals surface area contributed by atoms with Gasteiger partial charge in [-0.25, -0.2) is 0 Å². The lowest BCUT2D eigenvalue weighted by Gasteiger charge is -2.40. The van der Waals surface area contributed by atoms with Crippen LogP contribution in [0.1, 0.15) is 36.4 Å². The van der Waals surface area contributed by atoms with Crippen LogP contribution in [0, 0.1) is 0 Å². The maximum absolute atomic E-state index is 12.0. The van der Waals surface area contributed by atoms with E-state index in [0.29, 0.717) is 23.0 Å². The summed E-state index contributed by atoms with van der Waals surface area (Å²) >= 11 is 12.7. The first-order chi connectivity index (χ1) is 13.5. The van der Waals surface area contributed by atoms with Crippen molar-refractivity contribution in [2.75, 3.05) is 6.54 Å². The molecule has 0 radical (unpaired) electrons. The van der Waals surface area contributed by atoms with E-state index >= 15 is 0 Å². The van der Waals surface area contributed by atoms with Crippen molar-refractivity contribution in [3.63, 3.8) is 0 Å². The van der Waals surface area contributed by atoms with E-state index in [9.17, 15) is 9.90 Å². The molecule has 2 aromatic carbocycles. The van der Waals surface area contributed by atoms with Crippen molar-refractivity contribution in [2.45, 2.75) is 31.3 Å². The van der Waals surface area contributed by atoms with Crippen molar-refractivity contribution in [2.24, 2.45) is 0 Å². The Morgan fingerprint density at radius 2 is 1.96 bits per heavy atom. The summed E-state index contributed by atoms with van der Waals surface area (Å²) in [5, 5.41) is 13.0. The van der Waals surface area contributed by atoms with Crippen molar-refractivity contribution in [1.82, 2.24) is 9.88 Å². The molecular weight excluding hydrogens is 395 g/mol. The zero-order valence-electron chi connectivity index (χ0n) is 15.2. The van der Waals surface area contributed by atoms with Crippen LogP contribution in [0.2, 0.25) is 10.0 Å². The largest absolute Gasteiger partial charge is 0.480 e. The van der Waals surface area contributed by atoms with Crippen LogP contribution in [-0.4, -0.2) is 33.5 Å². The molecule has 1 fully saturated rings. The summed E-state index contributed by atoms with van der Waals surface area (Å²) in [4.78, 5) is 18.2. The average molecular weight is 415 g/mol. The second kappa shape index (κ2) is 8.08. The number of benzene rings is 2. The van der Waals surface area contributed by atoms with Gasteiger partial charge in [0, 0.05) is 27.8 Å². The number of halogens is 2. The van der Waals surface area contributed by atoms with Crippen LogP contribution in [0.3, 0.4) is 0 Å². The molecule has 2 heterocycles. The molecule has 2 atom stereocenters. The van der Waals surface area contributed by atoms with Gasteiger partial charge in [-0.3, -0.25) is 14.7 Å². The number of rotatable bonds is 4. The molecule has 3 aromatic rings. The molecule has 6 heteroatoms. The molecule has 1 aliphatic rings. The van der Waals surface area contributed by atoms with Gasteiger partial charge in [0.15, 0.2) is 0 Å². The lowest BCUT2D eigenvalue weighted by molar-refractivity contribution is -0.145. The van der Waals surface area contributed by atoms with Crippen LogP contribution in [0.4, 0.5) is 0 Å². The fraction of sp³-hybridized carbons (Fsp3) is 0.273. The van der Waals surface area contributed by atoms with Crippen LogP contribution in [0.25, 0.3) is 10.8 Å². The summed E-state index contributed by atoms with van der Waals surface area (Å²) in [5.41, 5.74) is 1.88. The molecule has 144 valence electrons. The number of hydrogen-bond acceptors (Lipinski definition) is 3. The van der Waals surface area contributed by atoms with E-state index in [4.69, 9.17) is 23.2 Å². The van der Waals surface area contributed by atoms with Crippen molar-refractivity contribution < 1.29 is 9.90 Å². The fourth-order valence-electron chi connectivity index (χ4n) is 4.07. The highest BCUT2D eigenvalue weighted by molar-refractivity contribution is 6.35. The van der Waals surface area contributed by atoms with Crippen LogP contribution in [0.15, 0.2) is 54.9 Å². The molecule has 0 bridgehead atoms. The van der Waals surface area contributed by atoms with Crippen molar-refractivity contribution >= 4 is 39.9 Å². The highest BCUT2D eigenvalue weighted by Crippen LogP contribution is 2.39. The molecule has 0 spiro atoms. The molecule has 0 aliphatic carbocycles. The Labute approximate surface area is 173 Å². The van der Waals surface area contributed by atoms with Gasteiger partial charge in [0.05, 0.1) is 6.04 Å². The van der Waals surface area contributed by atoms with Crippen LogP contribution in [-0.2, 0) is 4.79 Å². The maximum Gasteiger partial charge on any atom is 0.320 e. The summed E-state index contributed by atoms with van der Waals surface area (Å²) in [6.45, 7) is 0.703. The molecular formula is C22H20Cl2N2O2. The van der Waals surface area contributed by atoms with Crippen molar-refractivity contribution in [1.29, 1.82) is 0 Å². The predicted molar refractivity (Wildman–Crippen MR) is 112 cm³/mol. The van der Waals surface area contributed by atoms with E-state index in [2.05, 4.69) is 16.0 Å². The Morgan fingerprint density at radius 1 is 1.11 bits per heavy atom. The number of carboxylic acid groups (broad SMARTS) is 1. The number of nitrogens with zero attached hydrogens (tertiary/aromatic N) is 2. The summed E-state index contributed by atoms with van der Waals surface area (Å²) in [7, 11) is 0. The highest BCUT2D eigenvalue weighted by atomic mass is 35.5. The van der Waals surface area contributed by atoms with E-state index < -0.39 is 12.0 Å². The van der Waals surface area contributed by atoms with Crippen LogP contribution in [0.5, 0.6) is 0 Å². The Kier molecular flexibility index (Phi) is 5.54. The Morgan fingerprint density at radius 3 is 2.75 bits per heavy atom. The monoisotopic (exact) mass is 414 g/mol. The number of carbonyl (C=O) groups is 1. The zero-order valence-corrected chi connectivity index (χ0v) is 16.7. The number of hydrogen-bond donors (Lipinski definition) is 1. The number of likely N-dealkylation sites (tertiary alicyclic amines) is 1. The third-order valence-electron chi connectivity index (χ3n) is 5.40. The topological polar surface area (TPSA) is 53.4 Å². The van der Waals surface area contributed by atoms with Crippen LogP contribution >= 0.6 is 23.2 Å². The molecule has 1 aliphatic heterocycles. The number of aliphatic carboxylic acids is 1. The second-order valence-electron chi connectivity index (χ2n) is 7.14. The first-order valence-corrected chi connectivity index (χ1v) is 10.1. The molecule has 2 unspecified atom stereocenters. The van der Waals surface area contributed by atoms with Gasteiger partial charge in [0.1, 0.15) is 6.04 Å². The van der Waals surface area contributed by atoms with E-state index in [0.717, 1.165) is 34.7 Å². The Bertz CT molecular complexity index is 1020. The summed E-state index contributed by atoms with van der Waals surface area (Å²) in [6, 6.07) is 12.7. The first-order valence-electron chi connectivity index (χ1n) is 9.32. The lowest BCUT2D eigenvalue weighted by atomic mass is 9.91. The minimum absolute atomic E-state index is 0.260. The minimum Gasteiger partial charge on any atom is -0.480 e. The Balaban J connectivity index is 1.88. The van der Waals surface area contributed by atoms with Gasteiger partial charge in [-0.1, -0.05) is 47.8 Å². The third kappa shape index (κ3) is 3.72. The van der Waals surface area contributed by atoms with E-state index in [1.165, 1.54) is 0 Å². The van der Waals surface area contributed by atoms with Crippen molar-refractivity contribution in [3.8, 4) is 0 Å². The summed E-state index contributed by atoms with van der Waals surface area (Å²) < 4.78 is 0. The molecule has 0 amide bonds. The van der Waals surface area contributed by atoms with Gasteiger partial charge in [-0.05, 0) is 60.2 Å². The second-order valence-corrected chi connectivity index (χ2v) is 7.98. The first kappa shape index (κ1) is 19.2. The minimum atomic E-state index is -0.792. The van der Waals surface area contributed by atoms with Crippen LogP contribution < -0.4 is 0 Å². The Hall–Kier alpha value is -2.14. The molecule has 1 saturated heterocycles. The SMILES string of the molecule is O=C(O)C1CCCCN1C(c1ccc2cnccc2c1)c1ccc(Cl)cc1Cl. The van der Waals surface area contributed by atoms with E-state index in [-0.39, 0.29) is 6.04 Å². The number of fused-ring (bicyclic) bond motifs is 1. The maximum atomic E-state index is 12.0. The van der Waals surface area contributed by atoms with Gasteiger partial charge in [-0.2, -0.15) is 0 Å². The van der Waals surface area contributed by atoms with Gasteiger partial charge in [0.2, 0.25) is 0 Å². The normalized spacial score (nSPS) is 18.9. The van der Waals surface area contributed by atoms with Gasteiger partial charge >= 0.3 is 5.97 Å². The number of piperidine rings is 1. The average Bonchev–Trinajstić information content (AvgIpc) is 2.70. The van der Waals surface area contributed by atoms with Gasteiger partial charge in [0.25, 0.3) is 0 Å². The van der Waals surface area contributed by atoms with E-state index in [1.54, 1.807) is 18.3 Å². The third-order valence-corrected chi connectivity index (χ3v) is 5.96. The number of aromatic nitrogens is 1. The molecule has 0 saturated carbocycles. The van der Waals surface area contributed by atoms with Gasteiger partial charge < -0.3 is 5.11 Å². The van der Waals surface area contributed by atoms with Gasteiger partial charge in [-0.15, -0.1) is 0 Å². The fourth-order valence-corrected chi connectivity index (χ4v) is 4.58. The summed E-state index contributed by atoms with van der Waals surface area (Å²) in [6.07, 6.45) is 6.09. The molecule has 1 N–H and O–H groups in total. The smallest absolute Gasteiger partial charge is 0.320 e. The lowest BCUT2D eigenvalue weighted by Crippen LogP contribution is -2.46. The van der Waals surface area contributed by atoms with Crippen molar-refractivity contribution in [3.05, 3.63) is 76.0 Å². The standard InChI is InChI=1S/C22H20Cl2N2O2/c23-17-6-7-18(19(24)12-17)21(26-10-2-1-3-20(26)22(27)28)15-4-5-16-13-25-9-8-14(16)11-15/h4-9,11-13,20-21H,1-3,10H2,(H,27,28). The highest BCUT2D eigenvalue weighted by Gasteiger charge is 2.36. The predicted octanol–water partition coefficient (Wildman–Crippen LogP) is 5.57. The number of carboxylic acids is 1. The number of pyridine rings is 1. The molecule has 28 heavy (non-hydrogen) atoms. The molecule has 4 rings (SSSR count).